The van der Waals surface area contributed by atoms with Crippen LogP contribution in [0.1, 0.15) is 17.7 Å². The van der Waals surface area contributed by atoms with Crippen molar-refractivity contribution in [3.63, 3.8) is 0 Å². The predicted octanol–water partition coefficient (Wildman–Crippen LogP) is 2.71. The van der Waals surface area contributed by atoms with E-state index in [1.807, 2.05) is 7.11 Å². The van der Waals surface area contributed by atoms with Crippen LogP contribution in [0.25, 0.3) is 0 Å². The third kappa shape index (κ3) is 4.63. The average molecular weight is 333 g/mol. The van der Waals surface area contributed by atoms with Gasteiger partial charge in [-0.1, -0.05) is 0 Å². The zero-order valence-corrected chi connectivity index (χ0v) is 13.2. The lowest BCUT2D eigenvalue weighted by atomic mass is 10.1. The molecule has 1 aliphatic heterocycles. The molecule has 2 heterocycles. The van der Waals surface area contributed by atoms with Gasteiger partial charge in [0.05, 0.1) is 6.10 Å². The van der Waals surface area contributed by atoms with E-state index >= 15 is 0 Å². The lowest BCUT2D eigenvalue weighted by molar-refractivity contribution is 0.0318. The number of thiophene rings is 1. The summed E-state index contributed by atoms with van der Waals surface area (Å²) in [7, 11) is 1.82. The fourth-order valence-corrected chi connectivity index (χ4v) is 3.72. The lowest BCUT2D eigenvalue weighted by Gasteiger charge is -2.31. The number of rotatable bonds is 6. The van der Waals surface area contributed by atoms with Crippen LogP contribution in [0.5, 0.6) is 0 Å². The Morgan fingerprint density at radius 3 is 3.22 bits per heavy atom. The van der Waals surface area contributed by atoms with Crippen molar-refractivity contribution < 1.29 is 4.74 Å². The smallest absolute Gasteiger partial charge is 0.0698 e. The van der Waals surface area contributed by atoms with Crippen LogP contribution in [0.2, 0.25) is 0 Å². The molecule has 0 spiro atoms. The molecule has 0 radical (unpaired) electrons. The molecule has 1 atom stereocenters. The molecule has 0 bridgehead atoms. The molecule has 1 unspecified atom stereocenters. The van der Waals surface area contributed by atoms with Gasteiger partial charge in [-0.15, -0.1) is 11.3 Å². The minimum Gasteiger partial charge on any atom is -0.380 e. The van der Waals surface area contributed by atoms with Gasteiger partial charge in [0.2, 0.25) is 0 Å². The molecule has 2 rings (SSSR count). The van der Waals surface area contributed by atoms with E-state index in [1.54, 1.807) is 11.3 Å². The number of nitrogens with one attached hydrogen (secondary N) is 1. The highest BCUT2D eigenvalue weighted by atomic mass is 79.9. The Hall–Kier alpha value is 0.0600. The molecular weight excluding hydrogens is 312 g/mol. The Kier molecular flexibility index (Phi) is 6.11. The summed E-state index contributed by atoms with van der Waals surface area (Å²) in [4.78, 5) is 3.88. The summed E-state index contributed by atoms with van der Waals surface area (Å²) in [6.45, 7) is 5.44. The third-order valence-electron chi connectivity index (χ3n) is 3.32. The number of hydrogen-bond acceptors (Lipinski definition) is 4. The van der Waals surface area contributed by atoms with Crippen LogP contribution in [0.3, 0.4) is 0 Å². The molecule has 102 valence electrons. The maximum absolute atomic E-state index is 5.43. The van der Waals surface area contributed by atoms with Crippen molar-refractivity contribution in [1.82, 2.24) is 10.2 Å². The summed E-state index contributed by atoms with van der Waals surface area (Å²) in [6, 6.07) is 2.18. The van der Waals surface area contributed by atoms with Crippen molar-refractivity contribution in [3.8, 4) is 0 Å². The van der Waals surface area contributed by atoms with Crippen molar-refractivity contribution in [2.75, 3.05) is 33.3 Å². The zero-order valence-electron chi connectivity index (χ0n) is 10.8. The van der Waals surface area contributed by atoms with Crippen molar-refractivity contribution in [2.24, 2.45) is 0 Å². The van der Waals surface area contributed by atoms with Crippen molar-refractivity contribution in [2.45, 2.75) is 25.5 Å². The highest BCUT2D eigenvalue weighted by Crippen LogP contribution is 2.19. The Labute approximate surface area is 122 Å². The second-order valence-electron chi connectivity index (χ2n) is 4.71. The second-order valence-corrected chi connectivity index (χ2v) is 6.62. The first kappa shape index (κ1) is 14.5. The molecule has 18 heavy (non-hydrogen) atoms. The van der Waals surface area contributed by atoms with Gasteiger partial charge >= 0.3 is 0 Å². The molecule has 1 aromatic rings. The fraction of sp³-hybridized carbons (Fsp3) is 0.692. The molecule has 1 N–H and O–H groups in total. The fourth-order valence-electron chi connectivity index (χ4n) is 2.30. The van der Waals surface area contributed by atoms with Crippen LogP contribution in [0.4, 0.5) is 0 Å². The minimum atomic E-state index is 0.437. The number of likely N-dealkylation sites (tertiary alicyclic amines) is 1. The molecule has 5 heteroatoms. The van der Waals surface area contributed by atoms with E-state index in [-0.39, 0.29) is 0 Å². The monoisotopic (exact) mass is 332 g/mol. The molecule has 1 aromatic heterocycles. The Bertz CT molecular complexity index is 359. The lowest BCUT2D eigenvalue weighted by Crippen LogP contribution is -2.42. The summed E-state index contributed by atoms with van der Waals surface area (Å²) >= 11 is 5.28. The normalized spacial score (nSPS) is 21.3. The van der Waals surface area contributed by atoms with Crippen LogP contribution < -0.4 is 5.32 Å². The maximum atomic E-state index is 5.43. The van der Waals surface area contributed by atoms with E-state index in [9.17, 15) is 0 Å². The summed E-state index contributed by atoms with van der Waals surface area (Å²) < 4.78 is 6.62. The third-order valence-corrected chi connectivity index (χ3v) is 5.02. The summed E-state index contributed by atoms with van der Waals surface area (Å²) in [5, 5.41) is 5.63. The number of piperidine rings is 1. The molecule has 0 aromatic carbocycles. The van der Waals surface area contributed by atoms with Gasteiger partial charge in [-0.25, -0.2) is 0 Å². The number of methoxy groups -OCH3 is 1. The van der Waals surface area contributed by atoms with Crippen LogP contribution in [0.15, 0.2) is 15.9 Å². The molecule has 3 nitrogen and oxygen atoms in total. The summed E-state index contributed by atoms with van der Waals surface area (Å²) in [6.07, 6.45) is 2.91. The van der Waals surface area contributed by atoms with Crippen molar-refractivity contribution >= 4 is 27.3 Å². The minimum absolute atomic E-state index is 0.437. The first-order valence-electron chi connectivity index (χ1n) is 6.46. The van der Waals surface area contributed by atoms with E-state index in [0.29, 0.717) is 6.10 Å². The summed E-state index contributed by atoms with van der Waals surface area (Å²) in [5.41, 5.74) is 0. The van der Waals surface area contributed by atoms with Gasteiger partial charge < -0.3 is 10.1 Å². The molecular formula is C13H21BrN2OS. The van der Waals surface area contributed by atoms with Crippen LogP contribution >= 0.6 is 27.3 Å². The van der Waals surface area contributed by atoms with Gasteiger partial charge in [0, 0.05) is 48.0 Å². The zero-order chi connectivity index (χ0) is 12.8. The number of halogens is 1. The maximum Gasteiger partial charge on any atom is 0.0698 e. The first-order chi connectivity index (χ1) is 8.78. The van der Waals surface area contributed by atoms with Gasteiger partial charge in [0.1, 0.15) is 0 Å². The highest BCUT2D eigenvalue weighted by molar-refractivity contribution is 9.10. The van der Waals surface area contributed by atoms with E-state index in [2.05, 4.69) is 37.6 Å². The number of hydrogen-bond donors (Lipinski definition) is 1. The SMILES string of the molecule is COC1CCCN(CCNCc2cc(Br)cs2)C1. The van der Waals surface area contributed by atoms with E-state index < -0.39 is 0 Å². The second kappa shape index (κ2) is 7.60. The van der Waals surface area contributed by atoms with Crippen LogP contribution in [-0.4, -0.2) is 44.3 Å². The van der Waals surface area contributed by atoms with Crippen LogP contribution in [-0.2, 0) is 11.3 Å². The van der Waals surface area contributed by atoms with E-state index in [0.717, 1.165) is 26.2 Å². The van der Waals surface area contributed by atoms with Gasteiger partial charge in [-0.3, -0.25) is 4.90 Å². The van der Waals surface area contributed by atoms with Crippen molar-refractivity contribution in [1.29, 1.82) is 0 Å². The summed E-state index contributed by atoms with van der Waals surface area (Å²) in [5.74, 6) is 0. The number of ether oxygens (including phenoxy) is 1. The molecule has 0 amide bonds. The molecule has 1 aliphatic rings. The van der Waals surface area contributed by atoms with E-state index in [1.165, 1.54) is 28.7 Å². The quantitative estimate of drug-likeness (QED) is 0.810. The van der Waals surface area contributed by atoms with Gasteiger partial charge in [-0.2, -0.15) is 0 Å². The topological polar surface area (TPSA) is 24.5 Å². The Balaban J connectivity index is 1.60. The van der Waals surface area contributed by atoms with Gasteiger partial charge in [0.15, 0.2) is 0 Å². The highest BCUT2D eigenvalue weighted by Gasteiger charge is 2.18. The Morgan fingerprint density at radius 1 is 1.61 bits per heavy atom. The predicted molar refractivity (Wildman–Crippen MR) is 80.2 cm³/mol. The van der Waals surface area contributed by atoms with E-state index in [4.69, 9.17) is 4.74 Å². The first-order valence-corrected chi connectivity index (χ1v) is 8.14. The molecule has 1 fully saturated rings. The molecule has 0 aliphatic carbocycles. The standard InChI is InChI=1S/C13H21BrN2OS/c1-17-12-3-2-5-16(9-12)6-4-15-8-13-7-11(14)10-18-13/h7,10,12,15H,2-6,8-9H2,1H3. The van der Waals surface area contributed by atoms with Crippen molar-refractivity contribution in [3.05, 3.63) is 20.8 Å². The Morgan fingerprint density at radius 2 is 2.50 bits per heavy atom. The largest absolute Gasteiger partial charge is 0.380 e. The molecule has 0 saturated carbocycles. The van der Waals surface area contributed by atoms with Crippen LogP contribution in [0, 0.1) is 0 Å². The van der Waals surface area contributed by atoms with Gasteiger partial charge in [0.25, 0.3) is 0 Å². The average Bonchev–Trinajstić information content (AvgIpc) is 2.81. The van der Waals surface area contributed by atoms with Gasteiger partial charge in [-0.05, 0) is 41.4 Å². The number of nitrogens with zero attached hydrogens (tertiary/aromatic N) is 1. The molecule has 1 saturated heterocycles.